The standard InChI is InChI=1S/C28H30N4O3/c1-18(2)26-16-23(11-13-32(26)28(34)35)25-9-8-24(17-30-25)31-27(33)15-20-4-6-21(7-5-20)22-10-12-29-19(3)14-22/h4-12,14,17-18,26H,13,15-16H2,1-3H3,(H,31,33)(H,34,35). The number of carbonyl (C=O) groups excluding carboxylic acids is 1. The van der Waals surface area contributed by atoms with Crippen LogP contribution in [0.2, 0.25) is 0 Å². The van der Waals surface area contributed by atoms with Crippen molar-refractivity contribution >= 4 is 23.3 Å². The van der Waals surface area contributed by atoms with Gasteiger partial charge in [-0.05, 0) is 65.8 Å². The molecule has 35 heavy (non-hydrogen) atoms. The molecule has 7 heteroatoms. The molecule has 0 saturated carbocycles. The van der Waals surface area contributed by atoms with Crippen molar-refractivity contribution in [1.29, 1.82) is 0 Å². The largest absolute Gasteiger partial charge is 0.465 e. The number of benzene rings is 1. The van der Waals surface area contributed by atoms with Crippen LogP contribution in [0.1, 0.15) is 37.2 Å². The summed E-state index contributed by atoms with van der Waals surface area (Å²) in [5, 5.41) is 12.4. The summed E-state index contributed by atoms with van der Waals surface area (Å²) < 4.78 is 0. The highest BCUT2D eigenvalue weighted by Crippen LogP contribution is 2.29. The average Bonchev–Trinajstić information content (AvgIpc) is 2.84. The molecular formula is C28H30N4O3. The molecule has 2 aromatic heterocycles. The van der Waals surface area contributed by atoms with E-state index in [1.807, 2.05) is 75.4 Å². The first-order valence-electron chi connectivity index (χ1n) is 11.8. The zero-order chi connectivity index (χ0) is 24.9. The predicted molar refractivity (Wildman–Crippen MR) is 137 cm³/mol. The first-order chi connectivity index (χ1) is 16.8. The summed E-state index contributed by atoms with van der Waals surface area (Å²) in [4.78, 5) is 34.3. The summed E-state index contributed by atoms with van der Waals surface area (Å²) in [5.74, 6) is 0.0946. The Kier molecular flexibility index (Phi) is 7.25. The normalized spacial score (nSPS) is 15.6. The molecule has 1 aliphatic rings. The van der Waals surface area contributed by atoms with E-state index in [2.05, 4.69) is 15.3 Å². The van der Waals surface area contributed by atoms with E-state index in [-0.39, 0.29) is 24.3 Å². The van der Waals surface area contributed by atoms with Crippen LogP contribution in [0.5, 0.6) is 0 Å². The van der Waals surface area contributed by atoms with Crippen molar-refractivity contribution in [2.24, 2.45) is 5.92 Å². The van der Waals surface area contributed by atoms with Crippen molar-refractivity contribution in [1.82, 2.24) is 14.9 Å². The number of pyridine rings is 2. The van der Waals surface area contributed by atoms with Crippen LogP contribution in [0.3, 0.4) is 0 Å². The van der Waals surface area contributed by atoms with E-state index in [4.69, 9.17) is 0 Å². The number of nitrogens with one attached hydrogen (secondary N) is 1. The third-order valence-corrected chi connectivity index (χ3v) is 6.30. The van der Waals surface area contributed by atoms with Gasteiger partial charge in [-0.2, -0.15) is 0 Å². The second-order valence-electron chi connectivity index (χ2n) is 9.22. The summed E-state index contributed by atoms with van der Waals surface area (Å²) in [6.07, 6.45) is 5.36. The second kappa shape index (κ2) is 10.5. The van der Waals surface area contributed by atoms with Gasteiger partial charge in [-0.3, -0.25) is 14.8 Å². The molecule has 0 saturated heterocycles. The third kappa shape index (κ3) is 5.93. The van der Waals surface area contributed by atoms with E-state index < -0.39 is 6.09 Å². The molecule has 1 aliphatic heterocycles. The molecule has 0 fully saturated rings. The van der Waals surface area contributed by atoms with Gasteiger partial charge < -0.3 is 15.3 Å². The minimum absolute atomic E-state index is 0.0809. The van der Waals surface area contributed by atoms with E-state index in [9.17, 15) is 14.7 Å². The van der Waals surface area contributed by atoms with E-state index in [0.717, 1.165) is 33.7 Å². The molecule has 0 radical (unpaired) electrons. The molecule has 3 aromatic rings. The first kappa shape index (κ1) is 24.1. The van der Waals surface area contributed by atoms with E-state index >= 15 is 0 Å². The fourth-order valence-corrected chi connectivity index (χ4v) is 4.38. The minimum Gasteiger partial charge on any atom is -0.465 e. The number of anilines is 1. The minimum atomic E-state index is -0.896. The summed E-state index contributed by atoms with van der Waals surface area (Å²) in [6, 6.07) is 15.6. The number of carboxylic acid groups (broad SMARTS) is 1. The molecule has 1 aromatic carbocycles. The van der Waals surface area contributed by atoms with Gasteiger partial charge in [0.2, 0.25) is 5.91 Å². The Hall–Kier alpha value is -4.00. The molecule has 180 valence electrons. The van der Waals surface area contributed by atoms with Gasteiger partial charge in [0.1, 0.15) is 0 Å². The Morgan fingerprint density at radius 1 is 1.09 bits per heavy atom. The second-order valence-corrected chi connectivity index (χ2v) is 9.22. The van der Waals surface area contributed by atoms with Crippen molar-refractivity contribution < 1.29 is 14.7 Å². The maximum Gasteiger partial charge on any atom is 0.407 e. The van der Waals surface area contributed by atoms with Crippen molar-refractivity contribution in [3.05, 3.63) is 84.0 Å². The van der Waals surface area contributed by atoms with Crippen molar-refractivity contribution in [3.63, 3.8) is 0 Å². The van der Waals surface area contributed by atoms with Crippen molar-refractivity contribution in [2.45, 2.75) is 39.7 Å². The maximum atomic E-state index is 12.6. The Balaban J connectivity index is 1.36. The van der Waals surface area contributed by atoms with Gasteiger partial charge in [0.15, 0.2) is 0 Å². The molecule has 3 heterocycles. The van der Waals surface area contributed by atoms with Gasteiger partial charge in [-0.1, -0.05) is 44.2 Å². The third-order valence-electron chi connectivity index (χ3n) is 6.30. The van der Waals surface area contributed by atoms with E-state index in [1.165, 1.54) is 4.90 Å². The molecule has 4 rings (SSSR count). The first-order valence-corrected chi connectivity index (χ1v) is 11.8. The van der Waals surface area contributed by atoms with Gasteiger partial charge in [-0.25, -0.2) is 4.79 Å². The molecule has 0 bridgehead atoms. The number of amides is 2. The number of aromatic nitrogens is 2. The smallest absolute Gasteiger partial charge is 0.407 e. The van der Waals surface area contributed by atoms with E-state index in [0.29, 0.717) is 18.7 Å². The molecule has 7 nitrogen and oxygen atoms in total. The SMILES string of the molecule is Cc1cc(-c2ccc(CC(=O)Nc3ccc(C4=CCN(C(=O)O)C(C(C)C)C4)nc3)cc2)ccn1. The van der Waals surface area contributed by atoms with Crippen LogP contribution in [0.25, 0.3) is 16.7 Å². The Morgan fingerprint density at radius 3 is 2.49 bits per heavy atom. The molecule has 0 aliphatic carbocycles. The quantitative estimate of drug-likeness (QED) is 0.501. The van der Waals surface area contributed by atoms with Crippen LogP contribution < -0.4 is 5.32 Å². The number of rotatable bonds is 6. The molecule has 1 atom stereocenters. The number of hydrogen-bond acceptors (Lipinski definition) is 4. The maximum absolute atomic E-state index is 12.6. The van der Waals surface area contributed by atoms with E-state index in [1.54, 1.807) is 12.4 Å². The van der Waals surface area contributed by atoms with Crippen LogP contribution in [-0.2, 0) is 11.2 Å². The van der Waals surface area contributed by atoms with Crippen LogP contribution in [-0.4, -0.2) is 44.6 Å². The number of hydrogen-bond donors (Lipinski definition) is 2. The van der Waals surface area contributed by atoms with Gasteiger partial charge >= 0.3 is 6.09 Å². The highest BCUT2D eigenvalue weighted by Gasteiger charge is 2.30. The monoisotopic (exact) mass is 470 g/mol. The lowest BCUT2D eigenvalue weighted by Crippen LogP contribution is -2.44. The molecule has 1 unspecified atom stereocenters. The van der Waals surface area contributed by atoms with Gasteiger partial charge in [-0.15, -0.1) is 0 Å². The summed E-state index contributed by atoms with van der Waals surface area (Å²) in [6.45, 7) is 6.38. The predicted octanol–water partition coefficient (Wildman–Crippen LogP) is 5.42. The van der Waals surface area contributed by atoms with Gasteiger partial charge in [0.05, 0.1) is 24.0 Å². The zero-order valence-electron chi connectivity index (χ0n) is 20.2. The average molecular weight is 471 g/mol. The fourth-order valence-electron chi connectivity index (χ4n) is 4.38. The number of nitrogens with zero attached hydrogens (tertiary/aromatic N) is 3. The fraction of sp³-hybridized carbons (Fsp3) is 0.286. The molecule has 2 amide bonds. The number of carbonyl (C=O) groups is 2. The molecular weight excluding hydrogens is 440 g/mol. The van der Waals surface area contributed by atoms with Gasteiger partial charge in [0, 0.05) is 24.5 Å². The lowest BCUT2D eigenvalue weighted by atomic mass is 9.90. The summed E-state index contributed by atoms with van der Waals surface area (Å²) in [7, 11) is 0. The topological polar surface area (TPSA) is 95.4 Å². The van der Waals surface area contributed by atoms with Crippen LogP contribution in [0.15, 0.2) is 67.0 Å². The van der Waals surface area contributed by atoms with Gasteiger partial charge in [0.25, 0.3) is 0 Å². The van der Waals surface area contributed by atoms with Crippen molar-refractivity contribution in [3.8, 4) is 11.1 Å². The number of aryl methyl sites for hydroxylation is 1. The van der Waals surface area contributed by atoms with Crippen LogP contribution >= 0.6 is 0 Å². The van der Waals surface area contributed by atoms with Crippen molar-refractivity contribution in [2.75, 3.05) is 11.9 Å². The lowest BCUT2D eigenvalue weighted by molar-refractivity contribution is -0.115. The Bertz CT molecular complexity index is 1230. The summed E-state index contributed by atoms with van der Waals surface area (Å²) >= 11 is 0. The highest BCUT2D eigenvalue weighted by molar-refractivity contribution is 5.92. The molecule has 0 spiro atoms. The van der Waals surface area contributed by atoms with Crippen LogP contribution in [0.4, 0.5) is 10.5 Å². The Morgan fingerprint density at radius 2 is 1.86 bits per heavy atom. The molecule has 2 N–H and O–H groups in total. The lowest BCUT2D eigenvalue weighted by Gasteiger charge is -2.35. The zero-order valence-corrected chi connectivity index (χ0v) is 20.2. The Labute approximate surface area is 205 Å². The summed E-state index contributed by atoms with van der Waals surface area (Å²) in [5.41, 5.74) is 6.55. The van der Waals surface area contributed by atoms with Crippen LogP contribution in [0, 0.1) is 12.8 Å². The highest BCUT2D eigenvalue weighted by atomic mass is 16.4.